The van der Waals surface area contributed by atoms with Crippen molar-refractivity contribution in [3.05, 3.63) is 86.6 Å². The Morgan fingerprint density at radius 2 is 2.00 bits per heavy atom. The van der Waals surface area contributed by atoms with E-state index in [4.69, 9.17) is 28.9 Å². The third kappa shape index (κ3) is 5.51. The fraction of sp³-hybridized carbons (Fsp3) is 0.192. The Balaban J connectivity index is 1.43. The zero-order valence-electron chi connectivity index (χ0n) is 20.1. The van der Waals surface area contributed by atoms with Crippen LogP contribution in [0.2, 0.25) is 10.0 Å². The molecule has 0 bridgehead atoms. The average Bonchev–Trinajstić information content (AvgIpc) is 3.37. The van der Waals surface area contributed by atoms with Crippen molar-refractivity contribution in [1.82, 2.24) is 10.2 Å². The molecule has 39 heavy (non-hydrogen) atoms. The summed E-state index contributed by atoms with van der Waals surface area (Å²) in [5.41, 5.74) is 8.90. The zero-order chi connectivity index (χ0) is 27.7. The molecule has 8 nitrogen and oxygen atoms in total. The van der Waals surface area contributed by atoms with Gasteiger partial charge in [0.05, 0.1) is 23.3 Å². The number of hydrogen-bond acceptors (Lipinski definition) is 9. The number of thioether (sulfide) groups is 1. The van der Waals surface area contributed by atoms with Crippen LogP contribution in [0.5, 0.6) is 0 Å². The van der Waals surface area contributed by atoms with Gasteiger partial charge in [-0.05, 0) is 54.8 Å². The summed E-state index contributed by atoms with van der Waals surface area (Å²) in [5, 5.41) is 22.4. The lowest BCUT2D eigenvalue weighted by Gasteiger charge is -2.38. The van der Waals surface area contributed by atoms with E-state index < -0.39 is 11.7 Å². The highest BCUT2D eigenvalue weighted by Crippen LogP contribution is 2.48. The van der Waals surface area contributed by atoms with Gasteiger partial charge in [-0.3, -0.25) is 14.5 Å². The Bertz CT molecular complexity index is 1580. The number of Topliss-reactive ketones (excluding diaryl/α,β-unsaturated/α-hetero) is 1. The van der Waals surface area contributed by atoms with Gasteiger partial charge in [-0.15, -0.1) is 10.2 Å². The number of carbonyl (C=O) groups is 2. The molecule has 3 N–H and O–H groups in total. The Morgan fingerprint density at radius 3 is 2.72 bits per heavy atom. The molecule has 0 saturated carbocycles. The van der Waals surface area contributed by atoms with Crippen molar-refractivity contribution in [2.24, 2.45) is 5.73 Å². The number of aromatic nitrogens is 2. The number of halogens is 3. The van der Waals surface area contributed by atoms with Crippen molar-refractivity contribution < 1.29 is 14.0 Å². The van der Waals surface area contributed by atoms with Crippen molar-refractivity contribution in [1.29, 1.82) is 5.26 Å². The second-order valence-corrected chi connectivity index (χ2v) is 11.7. The number of allylic oxidation sites excluding steroid dienone is 3. The van der Waals surface area contributed by atoms with Crippen molar-refractivity contribution >= 4 is 68.8 Å². The normalized spacial score (nSPS) is 17.2. The lowest BCUT2D eigenvalue weighted by atomic mass is 9.76. The van der Waals surface area contributed by atoms with E-state index in [1.54, 1.807) is 23.1 Å². The summed E-state index contributed by atoms with van der Waals surface area (Å²) in [7, 11) is 0. The molecule has 5 rings (SSSR count). The van der Waals surface area contributed by atoms with Gasteiger partial charge in [0.1, 0.15) is 11.6 Å². The largest absolute Gasteiger partial charge is 0.384 e. The summed E-state index contributed by atoms with van der Waals surface area (Å²) in [5.74, 6) is -1.31. The van der Waals surface area contributed by atoms with Gasteiger partial charge in [-0.2, -0.15) is 5.26 Å². The molecule has 0 saturated heterocycles. The molecular weight excluding hydrogens is 582 g/mol. The van der Waals surface area contributed by atoms with Gasteiger partial charge in [0.25, 0.3) is 0 Å². The predicted octanol–water partition coefficient (Wildman–Crippen LogP) is 6.02. The van der Waals surface area contributed by atoms with Crippen LogP contribution in [0.25, 0.3) is 0 Å². The zero-order valence-corrected chi connectivity index (χ0v) is 23.2. The van der Waals surface area contributed by atoms with Gasteiger partial charge in [-0.25, -0.2) is 4.39 Å². The number of rotatable bonds is 6. The Hall–Kier alpha value is -3.43. The molecule has 2 aliphatic rings. The Kier molecular flexibility index (Phi) is 7.91. The van der Waals surface area contributed by atoms with Crippen molar-refractivity contribution in [2.75, 3.05) is 16.0 Å². The number of nitriles is 1. The molecule has 1 aliphatic heterocycles. The quantitative estimate of drug-likeness (QED) is 0.329. The van der Waals surface area contributed by atoms with Gasteiger partial charge >= 0.3 is 0 Å². The maximum absolute atomic E-state index is 13.3. The lowest BCUT2D eigenvalue weighted by Crippen LogP contribution is -2.38. The third-order valence-corrected chi connectivity index (χ3v) is 8.83. The fourth-order valence-electron chi connectivity index (χ4n) is 4.56. The number of nitrogens with one attached hydrogen (secondary N) is 1. The number of ketones is 1. The van der Waals surface area contributed by atoms with Crippen molar-refractivity contribution in [3.8, 4) is 6.07 Å². The summed E-state index contributed by atoms with van der Waals surface area (Å²) in [6, 6.07) is 12.6. The van der Waals surface area contributed by atoms with Crippen LogP contribution in [0.3, 0.4) is 0 Å². The van der Waals surface area contributed by atoms with Crippen LogP contribution in [0.4, 0.5) is 15.2 Å². The van der Waals surface area contributed by atoms with Gasteiger partial charge in [0.15, 0.2) is 10.1 Å². The topological polar surface area (TPSA) is 125 Å². The summed E-state index contributed by atoms with van der Waals surface area (Å²) in [4.78, 5) is 27.2. The van der Waals surface area contributed by atoms with E-state index in [9.17, 15) is 19.2 Å². The Morgan fingerprint density at radius 1 is 1.23 bits per heavy atom. The maximum Gasteiger partial charge on any atom is 0.234 e. The SMILES string of the molecule is N#CC1=C(N)N(c2nnc(SCC(=O)Nc3ccc(F)cc3)s2)C2=C(C(=O)CCC2)C1c1ccc(Cl)cc1Cl. The van der Waals surface area contributed by atoms with E-state index in [-0.39, 0.29) is 28.8 Å². The molecule has 2 aromatic carbocycles. The van der Waals surface area contributed by atoms with Crippen LogP contribution in [-0.2, 0) is 9.59 Å². The third-order valence-electron chi connectivity index (χ3n) is 6.23. The summed E-state index contributed by atoms with van der Waals surface area (Å²) in [6.45, 7) is 0. The fourth-order valence-corrected chi connectivity index (χ4v) is 6.76. The molecule has 1 aliphatic carbocycles. The van der Waals surface area contributed by atoms with Crippen LogP contribution in [0.15, 0.2) is 69.5 Å². The van der Waals surface area contributed by atoms with E-state index in [2.05, 4.69) is 21.6 Å². The number of hydrogen-bond donors (Lipinski definition) is 2. The number of nitrogens with two attached hydrogens (primary N) is 1. The molecule has 1 amide bonds. The van der Waals surface area contributed by atoms with Crippen LogP contribution in [-0.4, -0.2) is 27.6 Å². The average molecular weight is 602 g/mol. The van der Waals surface area contributed by atoms with Gasteiger partial charge < -0.3 is 11.1 Å². The summed E-state index contributed by atoms with van der Waals surface area (Å²) < 4.78 is 13.6. The van der Waals surface area contributed by atoms with Crippen LogP contribution >= 0.6 is 46.3 Å². The van der Waals surface area contributed by atoms with E-state index in [1.165, 1.54) is 47.4 Å². The smallest absolute Gasteiger partial charge is 0.234 e. The minimum Gasteiger partial charge on any atom is -0.384 e. The highest BCUT2D eigenvalue weighted by Gasteiger charge is 2.42. The standard InChI is InChI=1S/C26H19Cl2FN6O2S2/c27-13-4-9-16(18(28)10-13)22-17(11-30)24(31)35(19-2-1-3-20(36)23(19)22)25-33-34-26(39-25)38-12-21(37)32-15-7-5-14(29)6-8-15/h4-10,22H,1-3,12,31H2,(H,32,37). The monoisotopic (exact) mass is 600 g/mol. The second kappa shape index (κ2) is 11.4. The summed E-state index contributed by atoms with van der Waals surface area (Å²) in [6.07, 6.45) is 1.51. The number of carbonyl (C=O) groups excluding carboxylic acids is 2. The Labute approximate surface area is 241 Å². The molecule has 1 atom stereocenters. The molecule has 3 aromatic rings. The van der Waals surface area contributed by atoms with E-state index in [1.807, 2.05) is 0 Å². The van der Waals surface area contributed by atoms with Gasteiger partial charge in [0.2, 0.25) is 11.0 Å². The highest BCUT2D eigenvalue weighted by atomic mass is 35.5. The molecule has 1 unspecified atom stereocenters. The molecular formula is C26H19Cl2FN6O2S2. The maximum atomic E-state index is 13.3. The molecule has 13 heteroatoms. The highest BCUT2D eigenvalue weighted by molar-refractivity contribution is 8.01. The molecule has 1 aromatic heterocycles. The van der Waals surface area contributed by atoms with E-state index in [0.29, 0.717) is 61.3 Å². The van der Waals surface area contributed by atoms with E-state index >= 15 is 0 Å². The van der Waals surface area contributed by atoms with E-state index in [0.717, 1.165) is 0 Å². The number of amides is 1. The molecule has 0 spiro atoms. The van der Waals surface area contributed by atoms with Gasteiger partial charge in [-0.1, -0.05) is 52.4 Å². The van der Waals surface area contributed by atoms with Crippen LogP contribution < -0.4 is 16.0 Å². The van der Waals surface area contributed by atoms with Crippen LogP contribution in [0, 0.1) is 17.1 Å². The lowest BCUT2D eigenvalue weighted by molar-refractivity contribution is -0.116. The first-order chi connectivity index (χ1) is 18.8. The van der Waals surface area contributed by atoms with Crippen molar-refractivity contribution in [3.63, 3.8) is 0 Å². The molecule has 198 valence electrons. The number of anilines is 2. The second-order valence-electron chi connectivity index (χ2n) is 8.68. The molecule has 0 fully saturated rings. The van der Waals surface area contributed by atoms with Crippen LogP contribution in [0.1, 0.15) is 30.7 Å². The number of benzene rings is 2. The molecule has 0 radical (unpaired) electrons. The first-order valence-corrected chi connectivity index (χ1v) is 14.3. The molecule has 2 heterocycles. The van der Waals surface area contributed by atoms with Gasteiger partial charge in [0, 0.05) is 33.4 Å². The summed E-state index contributed by atoms with van der Waals surface area (Å²) >= 11 is 15.0. The minimum atomic E-state index is -0.726. The number of nitrogens with zero attached hydrogens (tertiary/aromatic N) is 4. The first-order valence-electron chi connectivity index (χ1n) is 11.7. The minimum absolute atomic E-state index is 0.0460. The first kappa shape index (κ1) is 27.1. The predicted molar refractivity (Wildman–Crippen MR) is 150 cm³/mol. The van der Waals surface area contributed by atoms with Crippen molar-refractivity contribution in [2.45, 2.75) is 29.5 Å².